The first-order chi connectivity index (χ1) is 29.5. The number of nitrogens with one attached hydrogen (secondary N) is 2. The van der Waals surface area contributed by atoms with Crippen molar-refractivity contribution in [3.63, 3.8) is 0 Å². The predicted molar refractivity (Wildman–Crippen MR) is 274 cm³/mol. The van der Waals surface area contributed by atoms with Gasteiger partial charge in [-0.05, 0) is 105 Å². The number of hydrogen-bond acceptors (Lipinski definition) is 6. The molecule has 330 valence electrons. The van der Waals surface area contributed by atoms with Gasteiger partial charge in [0.25, 0.3) is 0 Å². The molecule has 0 amide bonds. The maximum Gasteiger partial charge on any atom is 0.476 e. The predicted octanol–water partition coefficient (Wildman–Crippen LogP) is 14.1. The summed E-state index contributed by atoms with van der Waals surface area (Å²) >= 11 is 0. The maximum absolute atomic E-state index is 4.16. The summed E-state index contributed by atoms with van der Waals surface area (Å²) in [5, 5.41) is 8.33. The van der Waals surface area contributed by atoms with Crippen LogP contribution in [-0.2, 0) is 0 Å². The molecule has 2 N–H and O–H groups in total. The summed E-state index contributed by atoms with van der Waals surface area (Å²) < 4.78 is 0. The zero-order valence-corrected chi connectivity index (χ0v) is 41.2. The van der Waals surface area contributed by atoms with E-state index >= 15 is 0 Å². The van der Waals surface area contributed by atoms with Gasteiger partial charge in [0, 0.05) is 47.5 Å². The fourth-order valence-corrected chi connectivity index (χ4v) is 9.70. The molecule has 6 rings (SSSR count). The highest BCUT2D eigenvalue weighted by atomic mass is 15.3. The lowest BCUT2D eigenvalue weighted by atomic mass is 9.80. The zero-order chi connectivity index (χ0) is 45.2. The van der Waals surface area contributed by atoms with Crippen LogP contribution in [0.4, 0.5) is 22.7 Å². The van der Waals surface area contributed by atoms with Crippen LogP contribution in [0.2, 0.25) is 0 Å². The summed E-state index contributed by atoms with van der Waals surface area (Å²) in [5.74, 6) is 3.02. The summed E-state index contributed by atoms with van der Waals surface area (Å²) in [7, 11) is -0.243. The van der Waals surface area contributed by atoms with E-state index in [2.05, 4.69) is 238 Å². The molecule has 2 aliphatic heterocycles. The van der Waals surface area contributed by atoms with Gasteiger partial charge < -0.3 is 29.7 Å². The SMILES string of the molecule is CC(C)c1cccc(C(C)C)c1N1C=CN(c2c(C(C)C)cccc2C(C)C)B1NCCNB1N(c2c(C(C)C)cccc2C(C)C)C=CN1c1c(C(C)C)cccc1C(C)C. The van der Waals surface area contributed by atoms with Crippen LogP contribution >= 0.6 is 0 Å². The standard InChI is InChI=1S/C54H78B2N6/c1-35(2)43-21-17-22-44(36(3)4)51(43)59-31-32-60(52-45(37(5)6)23-18-24-46(52)38(7)8)55(59)57-29-30-58-56-61(53-47(39(9)10)25-19-26-48(53)40(11)12)33-34-62(56)54-49(41(13)14)27-20-28-50(54)42(15)16/h17-28,31-42,57-58H,29-30H2,1-16H3. The first-order valence-electron chi connectivity index (χ1n) is 23.9. The van der Waals surface area contributed by atoms with Gasteiger partial charge in [-0.25, -0.2) is 0 Å². The third-order valence-corrected chi connectivity index (χ3v) is 13.0. The largest absolute Gasteiger partial charge is 0.476 e. The molecule has 2 aliphatic rings. The molecule has 0 bridgehead atoms. The van der Waals surface area contributed by atoms with E-state index in [0.717, 1.165) is 13.1 Å². The molecular formula is C54H78B2N6. The summed E-state index contributed by atoms with van der Waals surface area (Å²) in [6.07, 6.45) is 9.32. The molecule has 0 atom stereocenters. The van der Waals surface area contributed by atoms with Crippen LogP contribution in [0.5, 0.6) is 0 Å². The molecule has 8 heteroatoms. The molecule has 4 aromatic carbocycles. The van der Waals surface area contributed by atoms with E-state index in [1.165, 1.54) is 67.3 Å². The van der Waals surface area contributed by atoms with E-state index in [9.17, 15) is 0 Å². The smallest absolute Gasteiger partial charge is 0.356 e. The monoisotopic (exact) mass is 833 g/mol. The van der Waals surface area contributed by atoms with Crippen molar-refractivity contribution >= 4 is 37.0 Å². The average molecular weight is 833 g/mol. The van der Waals surface area contributed by atoms with Crippen LogP contribution in [0.3, 0.4) is 0 Å². The Kier molecular flexibility index (Phi) is 15.2. The molecule has 0 fully saturated rings. The molecule has 6 nitrogen and oxygen atoms in total. The van der Waals surface area contributed by atoms with Gasteiger partial charge in [0.05, 0.1) is 0 Å². The third kappa shape index (κ3) is 9.43. The Balaban J connectivity index is 1.43. The van der Waals surface area contributed by atoms with E-state index < -0.39 is 0 Å². The average Bonchev–Trinajstić information content (AvgIpc) is 3.84. The van der Waals surface area contributed by atoms with Crippen molar-refractivity contribution in [3.8, 4) is 0 Å². The molecule has 0 unspecified atom stereocenters. The Labute approximate surface area is 378 Å². The summed E-state index contributed by atoms with van der Waals surface area (Å²) in [4.78, 5) is 10.1. The van der Waals surface area contributed by atoms with Gasteiger partial charge in [0.1, 0.15) is 0 Å². The van der Waals surface area contributed by atoms with Crippen LogP contribution in [0.15, 0.2) is 97.6 Å². The lowest BCUT2D eigenvalue weighted by Crippen LogP contribution is -2.60. The molecule has 0 radical (unpaired) electrons. The van der Waals surface area contributed by atoms with E-state index in [-0.39, 0.29) is 14.2 Å². The van der Waals surface area contributed by atoms with Gasteiger partial charge in [-0.2, -0.15) is 0 Å². The first kappa shape index (κ1) is 47.1. The van der Waals surface area contributed by atoms with Gasteiger partial charge in [-0.3, -0.25) is 0 Å². The number of benzene rings is 4. The lowest BCUT2D eigenvalue weighted by Gasteiger charge is -2.37. The lowest BCUT2D eigenvalue weighted by molar-refractivity contribution is 0.799. The number of para-hydroxylation sites is 4. The maximum atomic E-state index is 4.16. The number of nitrogens with zero attached hydrogens (tertiary/aromatic N) is 4. The van der Waals surface area contributed by atoms with E-state index in [4.69, 9.17) is 0 Å². The number of hydrogen-bond donors (Lipinski definition) is 2. The Morgan fingerprint density at radius 1 is 0.306 bits per heavy atom. The van der Waals surface area contributed by atoms with Gasteiger partial charge >= 0.3 is 14.2 Å². The number of anilines is 4. The third-order valence-electron chi connectivity index (χ3n) is 13.0. The first-order valence-corrected chi connectivity index (χ1v) is 23.9. The molecule has 0 saturated heterocycles. The van der Waals surface area contributed by atoms with Crippen molar-refractivity contribution in [3.05, 3.63) is 142 Å². The molecule has 0 aliphatic carbocycles. The summed E-state index contributed by atoms with van der Waals surface area (Å²) in [5.41, 5.74) is 16.3. The second kappa shape index (κ2) is 20.0. The molecule has 0 spiro atoms. The Bertz CT molecular complexity index is 1790. The summed E-state index contributed by atoms with van der Waals surface area (Å²) in [6.45, 7) is 38.8. The van der Waals surface area contributed by atoms with Crippen molar-refractivity contribution in [2.75, 3.05) is 32.3 Å². The summed E-state index contributed by atoms with van der Waals surface area (Å²) in [6, 6.07) is 27.7. The van der Waals surface area contributed by atoms with Crippen LogP contribution in [-0.4, -0.2) is 27.3 Å². The molecule has 0 aromatic heterocycles. The van der Waals surface area contributed by atoms with E-state index in [0.29, 0.717) is 47.3 Å². The normalized spacial score (nSPS) is 14.6. The van der Waals surface area contributed by atoms with Crippen molar-refractivity contribution in [2.45, 2.75) is 158 Å². The highest BCUT2D eigenvalue weighted by molar-refractivity contribution is 6.68. The van der Waals surface area contributed by atoms with Crippen molar-refractivity contribution in [2.24, 2.45) is 0 Å². The minimum atomic E-state index is -0.121. The second-order valence-electron chi connectivity index (χ2n) is 20.3. The van der Waals surface area contributed by atoms with Gasteiger partial charge in [-0.15, -0.1) is 0 Å². The highest BCUT2D eigenvalue weighted by Crippen LogP contribution is 2.44. The fraction of sp³-hybridized carbons (Fsp3) is 0.481. The van der Waals surface area contributed by atoms with Gasteiger partial charge in [0.2, 0.25) is 0 Å². The van der Waals surface area contributed by atoms with Gasteiger partial charge in [0.15, 0.2) is 0 Å². The molecule has 62 heavy (non-hydrogen) atoms. The second-order valence-corrected chi connectivity index (χ2v) is 20.3. The van der Waals surface area contributed by atoms with Crippen LogP contribution < -0.4 is 29.7 Å². The van der Waals surface area contributed by atoms with Crippen LogP contribution in [0.25, 0.3) is 0 Å². The minimum absolute atomic E-state index is 0.121. The highest BCUT2D eigenvalue weighted by Gasteiger charge is 2.42. The molecular weight excluding hydrogens is 754 g/mol. The van der Waals surface area contributed by atoms with E-state index in [1.54, 1.807) is 0 Å². The Morgan fingerprint density at radius 2 is 0.468 bits per heavy atom. The molecule has 2 heterocycles. The van der Waals surface area contributed by atoms with Crippen molar-refractivity contribution in [1.29, 1.82) is 0 Å². The van der Waals surface area contributed by atoms with Crippen LogP contribution in [0, 0.1) is 0 Å². The van der Waals surface area contributed by atoms with E-state index in [1.807, 2.05) is 0 Å². The molecule has 0 saturated carbocycles. The van der Waals surface area contributed by atoms with Crippen molar-refractivity contribution < 1.29 is 0 Å². The molecule has 4 aromatic rings. The Hall–Kier alpha value is -4.39. The zero-order valence-electron chi connectivity index (χ0n) is 41.2. The number of rotatable bonds is 17. The van der Waals surface area contributed by atoms with Crippen molar-refractivity contribution in [1.82, 2.24) is 10.5 Å². The quantitative estimate of drug-likeness (QED) is 0.0815. The van der Waals surface area contributed by atoms with Gasteiger partial charge in [-0.1, -0.05) is 184 Å². The topological polar surface area (TPSA) is 37.0 Å². The minimum Gasteiger partial charge on any atom is -0.356 e. The fourth-order valence-electron chi connectivity index (χ4n) is 9.70. The Morgan fingerprint density at radius 3 is 0.613 bits per heavy atom. The van der Waals surface area contributed by atoms with Crippen LogP contribution in [0.1, 0.15) is 203 Å².